The summed E-state index contributed by atoms with van der Waals surface area (Å²) < 4.78 is 0. The first-order chi connectivity index (χ1) is 8.09. The third kappa shape index (κ3) is 2.23. The van der Waals surface area contributed by atoms with E-state index in [-0.39, 0.29) is 11.3 Å². The Kier molecular flexibility index (Phi) is 3.00. The number of allylic oxidation sites excluding steroid dienone is 2. The van der Waals surface area contributed by atoms with E-state index in [0.717, 1.165) is 5.57 Å². The molecule has 17 heavy (non-hydrogen) atoms. The van der Waals surface area contributed by atoms with Crippen molar-refractivity contribution < 1.29 is 5.11 Å². The molecule has 88 valence electrons. The van der Waals surface area contributed by atoms with Gasteiger partial charge in [0.1, 0.15) is 5.75 Å². The van der Waals surface area contributed by atoms with Gasteiger partial charge in [-0.1, -0.05) is 23.8 Å². The van der Waals surface area contributed by atoms with Crippen molar-refractivity contribution >= 4 is 10.9 Å². The van der Waals surface area contributed by atoms with E-state index in [4.69, 9.17) is 0 Å². The van der Waals surface area contributed by atoms with E-state index in [2.05, 4.69) is 4.98 Å². The van der Waals surface area contributed by atoms with Gasteiger partial charge in [-0.2, -0.15) is 0 Å². The highest BCUT2D eigenvalue weighted by atomic mass is 16.3. The highest BCUT2D eigenvalue weighted by Crippen LogP contribution is 2.24. The lowest BCUT2D eigenvalue weighted by atomic mass is 10.1. The van der Waals surface area contributed by atoms with Crippen LogP contribution in [-0.2, 0) is 6.42 Å². The number of fused-ring (bicyclic) bond motifs is 1. The van der Waals surface area contributed by atoms with Crippen LogP contribution in [0.4, 0.5) is 0 Å². The van der Waals surface area contributed by atoms with Crippen LogP contribution in [0, 0.1) is 0 Å². The first-order valence-electron chi connectivity index (χ1n) is 5.56. The quantitative estimate of drug-likeness (QED) is 0.778. The fourth-order valence-corrected chi connectivity index (χ4v) is 1.76. The van der Waals surface area contributed by atoms with Crippen molar-refractivity contribution in [2.45, 2.75) is 20.3 Å². The summed E-state index contributed by atoms with van der Waals surface area (Å²) >= 11 is 0. The summed E-state index contributed by atoms with van der Waals surface area (Å²) in [4.78, 5) is 14.6. The molecule has 0 atom stereocenters. The molecule has 0 aliphatic heterocycles. The Balaban J connectivity index is 2.64. The van der Waals surface area contributed by atoms with Crippen molar-refractivity contribution in [3.05, 3.63) is 51.8 Å². The molecule has 3 nitrogen and oxygen atoms in total. The zero-order chi connectivity index (χ0) is 12.4. The first-order valence-corrected chi connectivity index (χ1v) is 5.56. The SMILES string of the molecule is CC(C)=CCc1c(O)c2ccccc2[nH]c1=O. The molecule has 0 saturated carbocycles. The largest absolute Gasteiger partial charge is 0.507 e. The Hall–Kier alpha value is -2.03. The van der Waals surface area contributed by atoms with E-state index in [1.54, 1.807) is 12.1 Å². The van der Waals surface area contributed by atoms with Gasteiger partial charge in [0.25, 0.3) is 5.56 Å². The molecule has 2 N–H and O–H groups in total. The summed E-state index contributed by atoms with van der Waals surface area (Å²) in [7, 11) is 0. The van der Waals surface area contributed by atoms with Crippen LogP contribution >= 0.6 is 0 Å². The predicted molar refractivity (Wildman–Crippen MR) is 69.4 cm³/mol. The number of H-pyrrole nitrogens is 1. The molecule has 0 aliphatic rings. The molecule has 1 heterocycles. The Bertz CT molecular complexity index is 634. The van der Waals surface area contributed by atoms with Crippen LogP contribution in [0.15, 0.2) is 40.7 Å². The molecule has 1 aromatic heterocycles. The van der Waals surface area contributed by atoms with Gasteiger partial charge >= 0.3 is 0 Å². The van der Waals surface area contributed by atoms with E-state index in [1.165, 1.54) is 0 Å². The second kappa shape index (κ2) is 4.45. The average molecular weight is 229 g/mol. The highest BCUT2D eigenvalue weighted by Gasteiger charge is 2.09. The first kappa shape index (κ1) is 11.5. The van der Waals surface area contributed by atoms with Crippen molar-refractivity contribution in [2.75, 3.05) is 0 Å². The maximum Gasteiger partial charge on any atom is 0.255 e. The minimum absolute atomic E-state index is 0.0850. The van der Waals surface area contributed by atoms with Crippen molar-refractivity contribution in [1.29, 1.82) is 0 Å². The topological polar surface area (TPSA) is 53.1 Å². The molecule has 0 unspecified atom stereocenters. The molecule has 0 aliphatic carbocycles. The number of aromatic hydroxyl groups is 1. The van der Waals surface area contributed by atoms with E-state index in [9.17, 15) is 9.90 Å². The second-order valence-corrected chi connectivity index (χ2v) is 4.31. The Labute approximate surface area is 99.4 Å². The van der Waals surface area contributed by atoms with Gasteiger partial charge in [0.2, 0.25) is 0 Å². The lowest BCUT2D eigenvalue weighted by molar-refractivity contribution is 0.474. The summed E-state index contributed by atoms with van der Waals surface area (Å²) in [6.45, 7) is 3.93. The van der Waals surface area contributed by atoms with Crippen LogP contribution in [0.3, 0.4) is 0 Å². The van der Waals surface area contributed by atoms with Gasteiger partial charge in [-0.15, -0.1) is 0 Å². The number of pyridine rings is 1. The molecule has 2 aromatic rings. The average Bonchev–Trinajstić information content (AvgIpc) is 2.28. The fourth-order valence-electron chi connectivity index (χ4n) is 1.76. The van der Waals surface area contributed by atoms with E-state index >= 15 is 0 Å². The summed E-state index contributed by atoms with van der Waals surface area (Å²) in [5.41, 5.74) is 1.98. The third-order valence-electron chi connectivity index (χ3n) is 2.70. The summed E-state index contributed by atoms with van der Waals surface area (Å²) in [5.74, 6) is 0.0850. The highest BCUT2D eigenvalue weighted by molar-refractivity contribution is 5.85. The van der Waals surface area contributed by atoms with Crippen LogP contribution < -0.4 is 5.56 Å². The van der Waals surface area contributed by atoms with Crippen LogP contribution in [0.5, 0.6) is 5.75 Å². The van der Waals surface area contributed by atoms with Crippen molar-refractivity contribution in [2.24, 2.45) is 0 Å². The zero-order valence-electron chi connectivity index (χ0n) is 9.95. The van der Waals surface area contributed by atoms with Crippen LogP contribution in [0.25, 0.3) is 10.9 Å². The smallest absolute Gasteiger partial charge is 0.255 e. The maximum atomic E-state index is 11.8. The van der Waals surface area contributed by atoms with Crippen LogP contribution in [0.2, 0.25) is 0 Å². The molecule has 0 amide bonds. The van der Waals surface area contributed by atoms with E-state index in [1.807, 2.05) is 32.1 Å². The van der Waals surface area contributed by atoms with Gasteiger partial charge in [0.15, 0.2) is 0 Å². The van der Waals surface area contributed by atoms with Gasteiger partial charge in [-0.3, -0.25) is 4.79 Å². The minimum atomic E-state index is -0.223. The summed E-state index contributed by atoms with van der Waals surface area (Å²) in [5, 5.41) is 10.8. The zero-order valence-corrected chi connectivity index (χ0v) is 9.95. The van der Waals surface area contributed by atoms with Crippen molar-refractivity contribution in [1.82, 2.24) is 4.98 Å². The Morgan fingerprint density at radius 1 is 1.35 bits per heavy atom. The number of para-hydroxylation sites is 1. The molecule has 0 saturated heterocycles. The van der Waals surface area contributed by atoms with Crippen molar-refractivity contribution in [3.63, 3.8) is 0 Å². The lowest BCUT2D eigenvalue weighted by Crippen LogP contribution is -2.12. The third-order valence-corrected chi connectivity index (χ3v) is 2.70. The Morgan fingerprint density at radius 3 is 2.76 bits per heavy atom. The summed E-state index contributed by atoms with van der Waals surface area (Å²) in [6, 6.07) is 7.24. The predicted octanol–water partition coefficient (Wildman–Crippen LogP) is 2.74. The number of hydrogen-bond donors (Lipinski definition) is 2. The molecule has 3 heteroatoms. The monoisotopic (exact) mass is 229 g/mol. The number of benzene rings is 1. The number of rotatable bonds is 2. The molecular formula is C14H15NO2. The fraction of sp³-hybridized carbons (Fsp3) is 0.214. The standard InChI is InChI=1S/C14H15NO2/c1-9(2)7-8-11-13(16)10-5-3-4-6-12(10)15-14(11)17/h3-7H,8H2,1-2H3,(H2,15,16,17). The van der Waals surface area contributed by atoms with Crippen LogP contribution in [0.1, 0.15) is 19.4 Å². The molecule has 0 radical (unpaired) electrons. The molecule has 2 rings (SSSR count). The van der Waals surface area contributed by atoms with Gasteiger partial charge in [-0.25, -0.2) is 0 Å². The normalized spacial score (nSPS) is 10.5. The van der Waals surface area contributed by atoms with Gasteiger partial charge in [-0.05, 0) is 32.4 Å². The van der Waals surface area contributed by atoms with Gasteiger partial charge < -0.3 is 10.1 Å². The summed E-state index contributed by atoms with van der Waals surface area (Å²) in [6.07, 6.45) is 2.38. The number of aromatic nitrogens is 1. The van der Waals surface area contributed by atoms with Gasteiger partial charge in [0, 0.05) is 5.39 Å². The molecular weight excluding hydrogens is 214 g/mol. The maximum absolute atomic E-state index is 11.8. The van der Waals surface area contributed by atoms with E-state index in [0.29, 0.717) is 22.9 Å². The van der Waals surface area contributed by atoms with Gasteiger partial charge in [0.05, 0.1) is 11.1 Å². The lowest BCUT2D eigenvalue weighted by Gasteiger charge is -2.05. The Morgan fingerprint density at radius 2 is 2.06 bits per heavy atom. The molecule has 0 fully saturated rings. The van der Waals surface area contributed by atoms with E-state index < -0.39 is 0 Å². The number of hydrogen-bond acceptors (Lipinski definition) is 2. The molecule has 0 bridgehead atoms. The molecule has 0 spiro atoms. The minimum Gasteiger partial charge on any atom is -0.507 e. The second-order valence-electron chi connectivity index (χ2n) is 4.31. The number of nitrogens with one attached hydrogen (secondary N) is 1. The number of aromatic amines is 1. The molecule has 1 aromatic carbocycles. The van der Waals surface area contributed by atoms with Crippen molar-refractivity contribution in [3.8, 4) is 5.75 Å². The van der Waals surface area contributed by atoms with Crippen LogP contribution in [-0.4, -0.2) is 10.1 Å².